The summed E-state index contributed by atoms with van der Waals surface area (Å²) < 4.78 is 0. The molecule has 4 rings (SSSR count). The highest BCUT2D eigenvalue weighted by atomic mass is 35.5. The van der Waals surface area contributed by atoms with Gasteiger partial charge in [0.2, 0.25) is 0 Å². The standard InChI is InChI=1S/C20H19ClN4O2/c21-15-6-7-17-16(12-15)19(26)23-18(22-17)13-24-8-10-25(11-9-24)20(27)14-4-2-1-3-5-14/h1-7,12H,8-11,13H2,(H,22,23,26). The summed E-state index contributed by atoms with van der Waals surface area (Å²) in [6, 6.07) is 14.4. The van der Waals surface area contributed by atoms with E-state index in [0.717, 1.165) is 13.1 Å². The number of carbonyl (C=O) groups excluding carboxylic acids is 1. The predicted molar refractivity (Wildman–Crippen MR) is 105 cm³/mol. The van der Waals surface area contributed by atoms with Crippen LogP contribution in [0.3, 0.4) is 0 Å². The molecule has 0 unspecified atom stereocenters. The molecule has 6 nitrogen and oxygen atoms in total. The molecule has 1 aliphatic heterocycles. The fourth-order valence-electron chi connectivity index (χ4n) is 3.32. The lowest BCUT2D eigenvalue weighted by Crippen LogP contribution is -2.48. The summed E-state index contributed by atoms with van der Waals surface area (Å²) in [5.74, 6) is 0.682. The van der Waals surface area contributed by atoms with E-state index in [1.165, 1.54) is 0 Å². The van der Waals surface area contributed by atoms with Crippen LogP contribution in [0.5, 0.6) is 0 Å². The van der Waals surface area contributed by atoms with E-state index in [4.69, 9.17) is 11.6 Å². The topological polar surface area (TPSA) is 69.3 Å². The van der Waals surface area contributed by atoms with E-state index in [1.54, 1.807) is 18.2 Å². The van der Waals surface area contributed by atoms with Gasteiger partial charge in [0, 0.05) is 36.8 Å². The lowest BCUT2D eigenvalue weighted by Gasteiger charge is -2.34. The lowest BCUT2D eigenvalue weighted by molar-refractivity contribution is 0.0625. The molecule has 1 fully saturated rings. The zero-order chi connectivity index (χ0) is 18.8. The number of nitrogens with zero attached hydrogens (tertiary/aromatic N) is 3. The van der Waals surface area contributed by atoms with Crippen LogP contribution in [0, 0.1) is 0 Å². The van der Waals surface area contributed by atoms with Crippen molar-refractivity contribution >= 4 is 28.4 Å². The highest BCUT2D eigenvalue weighted by Gasteiger charge is 2.22. The maximum atomic E-state index is 12.5. The van der Waals surface area contributed by atoms with Gasteiger partial charge in [-0.1, -0.05) is 29.8 Å². The van der Waals surface area contributed by atoms with Crippen molar-refractivity contribution in [1.82, 2.24) is 19.8 Å². The van der Waals surface area contributed by atoms with Gasteiger partial charge < -0.3 is 9.88 Å². The number of nitrogens with one attached hydrogen (secondary N) is 1. The summed E-state index contributed by atoms with van der Waals surface area (Å²) >= 11 is 5.95. The molecule has 1 amide bonds. The molecular formula is C20H19ClN4O2. The van der Waals surface area contributed by atoms with Crippen LogP contribution in [0.2, 0.25) is 5.02 Å². The molecule has 0 spiro atoms. The average Bonchev–Trinajstić information content (AvgIpc) is 2.69. The van der Waals surface area contributed by atoms with Gasteiger partial charge >= 0.3 is 0 Å². The van der Waals surface area contributed by atoms with Gasteiger partial charge in [-0.15, -0.1) is 0 Å². The molecule has 2 heterocycles. The van der Waals surface area contributed by atoms with Crippen molar-refractivity contribution < 1.29 is 4.79 Å². The van der Waals surface area contributed by atoms with E-state index < -0.39 is 0 Å². The Balaban J connectivity index is 1.42. The molecule has 0 bridgehead atoms. The third-order valence-corrected chi connectivity index (χ3v) is 5.01. The second kappa shape index (κ2) is 7.50. The quantitative estimate of drug-likeness (QED) is 0.755. The molecule has 1 saturated heterocycles. The number of amides is 1. The SMILES string of the molecule is O=C(c1ccccc1)N1CCN(Cc2nc3ccc(Cl)cc3c(=O)[nH]2)CC1. The molecule has 1 aliphatic rings. The van der Waals surface area contributed by atoms with Gasteiger partial charge in [-0.3, -0.25) is 14.5 Å². The normalized spacial score (nSPS) is 15.2. The minimum atomic E-state index is -0.185. The number of aromatic amines is 1. The minimum absolute atomic E-state index is 0.0596. The number of carbonyl (C=O) groups is 1. The van der Waals surface area contributed by atoms with Gasteiger partial charge in [-0.25, -0.2) is 4.98 Å². The maximum absolute atomic E-state index is 12.5. The van der Waals surface area contributed by atoms with Crippen LogP contribution in [0.1, 0.15) is 16.2 Å². The molecule has 2 aromatic carbocycles. The number of benzene rings is 2. The van der Waals surface area contributed by atoms with E-state index >= 15 is 0 Å². The van der Waals surface area contributed by atoms with Crippen molar-refractivity contribution in [2.75, 3.05) is 26.2 Å². The number of hydrogen-bond acceptors (Lipinski definition) is 4. The molecule has 1 aromatic heterocycles. The lowest BCUT2D eigenvalue weighted by atomic mass is 10.2. The Bertz CT molecular complexity index is 1030. The Morgan fingerprint density at radius 1 is 1.07 bits per heavy atom. The van der Waals surface area contributed by atoms with E-state index in [-0.39, 0.29) is 11.5 Å². The van der Waals surface area contributed by atoms with Gasteiger partial charge in [0.1, 0.15) is 5.82 Å². The number of rotatable bonds is 3. The van der Waals surface area contributed by atoms with Gasteiger partial charge in [0.15, 0.2) is 0 Å². The van der Waals surface area contributed by atoms with Crippen molar-refractivity contribution in [2.24, 2.45) is 0 Å². The van der Waals surface area contributed by atoms with Crippen molar-refractivity contribution in [3.8, 4) is 0 Å². The van der Waals surface area contributed by atoms with E-state index in [9.17, 15) is 9.59 Å². The minimum Gasteiger partial charge on any atom is -0.336 e. The first kappa shape index (κ1) is 17.7. The molecule has 1 N–H and O–H groups in total. The first-order valence-electron chi connectivity index (χ1n) is 8.85. The van der Waals surface area contributed by atoms with Crippen LogP contribution < -0.4 is 5.56 Å². The first-order valence-corrected chi connectivity index (χ1v) is 9.23. The number of halogens is 1. The Hall–Kier alpha value is -2.70. The summed E-state index contributed by atoms with van der Waals surface area (Å²) in [7, 11) is 0. The Morgan fingerprint density at radius 3 is 2.56 bits per heavy atom. The van der Waals surface area contributed by atoms with Gasteiger partial charge in [0.25, 0.3) is 11.5 Å². The van der Waals surface area contributed by atoms with E-state index in [1.807, 2.05) is 35.2 Å². The summed E-state index contributed by atoms with van der Waals surface area (Å²) in [5.41, 5.74) is 1.16. The van der Waals surface area contributed by atoms with Crippen LogP contribution in [0.15, 0.2) is 53.3 Å². The smallest absolute Gasteiger partial charge is 0.258 e. The summed E-state index contributed by atoms with van der Waals surface area (Å²) in [6.45, 7) is 3.32. The molecule has 138 valence electrons. The van der Waals surface area contributed by atoms with Crippen LogP contribution in [-0.2, 0) is 6.54 Å². The molecule has 0 atom stereocenters. The Morgan fingerprint density at radius 2 is 1.81 bits per heavy atom. The molecular weight excluding hydrogens is 364 g/mol. The van der Waals surface area contributed by atoms with Gasteiger partial charge in [0.05, 0.1) is 17.4 Å². The molecule has 0 radical (unpaired) electrons. The van der Waals surface area contributed by atoms with Crippen LogP contribution in [0.4, 0.5) is 0 Å². The Kier molecular flexibility index (Phi) is 4.92. The Labute approximate surface area is 161 Å². The molecule has 27 heavy (non-hydrogen) atoms. The van der Waals surface area contributed by atoms with E-state index in [2.05, 4.69) is 14.9 Å². The summed E-state index contributed by atoms with van der Waals surface area (Å²) in [6.07, 6.45) is 0. The van der Waals surface area contributed by atoms with Crippen LogP contribution in [-0.4, -0.2) is 51.9 Å². The second-order valence-corrected chi connectivity index (χ2v) is 7.04. The maximum Gasteiger partial charge on any atom is 0.258 e. The van der Waals surface area contributed by atoms with Crippen molar-refractivity contribution in [3.63, 3.8) is 0 Å². The van der Waals surface area contributed by atoms with Crippen LogP contribution >= 0.6 is 11.6 Å². The highest BCUT2D eigenvalue weighted by molar-refractivity contribution is 6.31. The predicted octanol–water partition coefficient (Wildman–Crippen LogP) is 2.53. The third-order valence-electron chi connectivity index (χ3n) is 4.77. The number of aromatic nitrogens is 2. The molecule has 0 aliphatic carbocycles. The fraction of sp³-hybridized carbons (Fsp3) is 0.250. The molecule has 0 saturated carbocycles. The van der Waals surface area contributed by atoms with Crippen molar-refractivity contribution in [1.29, 1.82) is 0 Å². The first-order chi connectivity index (χ1) is 13.1. The van der Waals surface area contributed by atoms with Gasteiger partial charge in [-0.05, 0) is 30.3 Å². The van der Waals surface area contributed by atoms with Crippen molar-refractivity contribution in [2.45, 2.75) is 6.54 Å². The second-order valence-electron chi connectivity index (χ2n) is 6.61. The molecule has 7 heteroatoms. The van der Waals surface area contributed by atoms with Gasteiger partial charge in [-0.2, -0.15) is 0 Å². The summed E-state index contributed by atoms with van der Waals surface area (Å²) in [4.78, 5) is 36.2. The summed E-state index contributed by atoms with van der Waals surface area (Å²) in [5, 5.41) is 1.01. The fourth-order valence-corrected chi connectivity index (χ4v) is 3.49. The third kappa shape index (κ3) is 3.86. The number of H-pyrrole nitrogens is 1. The number of piperazine rings is 1. The van der Waals surface area contributed by atoms with Crippen LogP contribution in [0.25, 0.3) is 10.9 Å². The largest absolute Gasteiger partial charge is 0.336 e. The molecule has 3 aromatic rings. The number of hydrogen-bond donors (Lipinski definition) is 1. The van der Waals surface area contributed by atoms with Crippen molar-refractivity contribution in [3.05, 3.63) is 75.3 Å². The van der Waals surface area contributed by atoms with E-state index in [0.29, 0.717) is 46.9 Å². The monoisotopic (exact) mass is 382 g/mol. The highest BCUT2D eigenvalue weighted by Crippen LogP contribution is 2.15. The average molecular weight is 383 g/mol. The zero-order valence-electron chi connectivity index (χ0n) is 14.7. The zero-order valence-corrected chi connectivity index (χ0v) is 15.4. The number of fused-ring (bicyclic) bond motifs is 1.